The van der Waals surface area contributed by atoms with Crippen LogP contribution in [0.3, 0.4) is 0 Å². The predicted octanol–water partition coefficient (Wildman–Crippen LogP) is -0.681. The van der Waals surface area contributed by atoms with Crippen LogP contribution in [0.2, 0.25) is 0 Å². The molecule has 24 heavy (non-hydrogen) atoms. The first kappa shape index (κ1) is 19.0. The van der Waals surface area contributed by atoms with Gasteiger partial charge in [0.1, 0.15) is 0 Å². The van der Waals surface area contributed by atoms with E-state index in [1.54, 1.807) is 0 Å². The van der Waals surface area contributed by atoms with Gasteiger partial charge < -0.3 is 26.6 Å². The zero-order valence-electron chi connectivity index (χ0n) is 14.2. The van der Waals surface area contributed by atoms with Gasteiger partial charge in [-0.2, -0.15) is 0 Å². The quantitative estimate of drug-likeness (QED) is 0.656. The van der Waals surface area contributed by atoms with Gasteiger partial charge in [-0.1, -0.05) is 6.92 Å². The minimum atomic E-state index is 0. The molecule has 0 N–H and O–H groups in total. The van der Waals surface area contributed by atoms with Gasteiger partial charge >= 0.3 is 0 Å². The summed E-state index contributed by atoms with van der Waals surface area (Å²) >= 11 is 0. The van der Waals surface area contributed by atoms with Crippen LogP contribution < -0.4 is 21.9 Å². The Balaban J connectivity index is 0.00000208. The molecule has 1 saturated heterocycles. The largest absolute Gasteiger partial charge is 1.00 e. The van der Waals surface area contributed by atoms with Gasteiger partial charge in [0.2, 0.25) is 0 Å². The van der Waals surface area contributed by atoms with Gasteiger partial charge in [0.25, 0.3) is 0 Å². The number of fused-ring (bicyclic) bond motifs is 1. The Hall–Kier alpha value is -1.30. The van der Waals surface area contributed by atoms with E-state index in [1.807, 2.05) is 12.1 Å². The number of aryl methyl sites for hydroxylation is 1. The van der Waals surface area contributed by atoms with Crippen LogP contribution in [0, 0.1) is 0 Å². The molecule has 1 aromatic carbocycles. The molecule has 0 saturated carbocycles. The number of Topliss-reactive ketones (excluding diaryl/α,β-unsaturated/α-hetero) is 1. The van der Waals surface area contributed by atoms with Crippen molar-refractivity contribution in [3.63, 3.8) is 0 Å². The average Bonchev–Trinajstić information content (AvgIpc) is 2.84. The summed E-state index contributed by atoms with van der Waals surface area (Å²) in [5.74, 6) is 1.66. The predicted molar refractivity (Wildman–Crippen MR) is 87.6 cm³/mol. The molecule has 0 spiro atoms. The van der Waals surface area contributed by atoms with E-state index in [0.29, 0.717) is 25.4 Å². The van der Waals surface area contributed by atoms with Crippen molar-refractivity contribution in [3.05, 3.63) is 23.3 Å². The summed E-state index contributed by atoms with van der Waals surface area (Å²) in [4.78, 5) is 15.0. The average molecular weight is 355 g/mol. The molecule has 1 fully saturated rings. The SMILES string of the molecule is CCc1cc2c(cc1C(=O)CCN1CCOCC1)OCCCO2.[Cl-]. The second-order valence-electron chi connectivity index (χ2n) is 5.99. The van der Waals surface area contributed by atoms with Gasteiger partial charge in [0.05, 0.1) is 26.4 Å². The molecular formula is C18H25ClNO4-. The van der Waals surface area contributed by atoms with Crippen molar-refractivity contribution in [2.75, 3.05) is 46.1 Å². The number of hydrogen-bond donors (Lipinski definition) is 0. The molecule has 0 unspecified atom stereocenters. The summed E-state index contributed by atoms with van der Waals surface area (Å²) in [6, 6.07) is 3.85. The second kappa shape index (κ2) is 9.25. The minimum absolute atomic E-state index is 0. The Kier molecular flexibility index (Phi) is 7.34. The molecule has 2 heterocycles. The summed E-state index contributed by atoms with van der Waals surface area (Å²) in [7, 11) is 0. The second-order valence-corrected chi connectivity index (χ2v) is 5.99. The number of carbonyl (C=O) groups excluding carboxylic acids is 1. The maximum Gasteiger partial charge on any atom is 0.164 e. The fraction of sp³-hybridized carbons (Fsp3) is 0.611. The lowest BCUT2D eigenvalue weighted by Crippen LogP contribution is -3.00. The number of hydrogen-bond acceptors (Lipinski definition) is 5. The minimum Gasteiger partial charge on any atom is -1.00 e. The topological polar surface area (TPSA) is 48.0 Å². The zero-order chi connectivity index (χ0) is 16.1. The number of halogens is 1. The Morgan fingerprint density at radius 1 is 1.08 bits per heavy atom. The zero-order valence-corrected chi connectivity index (χ0v) is 14.9. The van der Waals surface area contributed by atoms with Crippen LogP contribution in [0.25, 0.3) is 0 Å². The van der Waals surface area contributed by atoms with Crippen molar-refractivity contribution >= 4 is 5.78 Å². The van der Waals surface area contributed by atoms with Crippen molar-refractivity contribution in [1.82, 2.24) is 4.90 Å². The number of carbonyl (C=O) groups is 1. The number of ketones is 1. The molecular weight excluding hydrogens is 330 g/mol. The summed E-state index contributed by atoms with van der Waals surface area (Å²) in [5.41, 5.74) is 1.83. The lowest BCUT2D eigenvalue weighted by Gasteiger charge is -2.26. The maximum absolute atomic E-state index is 12.7. The number of nitrogens with zero attached hydrogens (tertiary/aromatic N) is 1. The van der Waals surface area contributed by atoms with Crippen LogP contribution >= 0.6 is 0 Å². The van der Waals surface area contributed by atoms with E-state index in [0.717, 1.165) is 62.6 Å². The van der Waals surface area contributed by atoms with Gasteiger partial charge in [-0.15, -0.1) is 0 Å². The van der Waals surface area contributed by atoms with Crippen LogP contribution in [0.15, 0.2) is 12.1 Å². The number of ether oxygens (including phenoxy) is 3. The first-order valence-corrected chi connectivity index (χ1v) is 8.53. The van der Waals surface area contributed by atoms with Crippen molar-refractivity contribution < 1.29 is 31.4 Å². The van der Waals surface area contributed by atoms with Gasteiger partial charge in [-0.05, 0) is 24.1 Å². The molecule has 0 atom stereocenters. The van der Waals surface area contributed by atoms with E-state index in [-0.39, 0.29) is 18.2 Å². The normalized spacial score (nSPS) is 17.7. The first-order valence-electron chi connectivity index (χ1n) is 8.53. The van der Waals surface area contributed by atoms with E-state index in [2.05, 4.69) is 11.8 Å². The lowest BCUT2D eigenvalue weighted by atomic mass is 9.98. The Labute approximate surface area is 149 Å². The molecule has 0 aliphatic carbocycles. The van der Waals surface area contributed by atoms with Crippen molar-refractivity contribution in [1.29, 1.82) is 0 Å². The molecule has 2 aliphatic rings. The Bertz CT molecular complexity index is 558. The number of rotatable bonds is 5. The molecule has 0 radical (unpaired) electrons. The molecule has 0 aromatic heterocycles. The molecule has 3 rings (SSSR count). The van der Waals surface area contributed by atoms with Crippen LogP contribution in [-0.2, 0) is 11.2 Å². The van der Waals surface area contributed by atoms with Gasteiger partial charge in [0.15, 0.2) is 17.3 Å². The highest BCUT2D eigenvalue weighted by atomic mass is 35.5. The molecule has 6 heteroatoms. The van der Waals surface area contributed by atoms with Gasteiger partial charge in [0, 0.05) is 38.0 Å². The van der Waals surface area contributed by atoms with E-state index in [9.17, 15) is 4.79 Å². The third-order valence-electron chi connectivity index (χ3n) is 4.41. The summed E-state index contributed by atoms with van der Waals surface area (Å²) in [5, 5.41) is 0. The van der Waals surface area contributed by atoms with Gasteiger partial charge in [-0.3, -0.25) is 9.69 Å². The third-order valence-corrected chi connectivity index (χ3v) is 4.41. The van der Waals surface area contributed by atoms with Gasteiger partial charge in [-0.25, -0.2) is 0 Å². The Morgan fingerprint density at radius 2 is 1.75 bits per heavy atom. The fourth-order valence-electron chi connectivity index (χ4n) is 3.02. The third kappa shape index (κ3) is 4.62. The highest BCUT2D eigenvalue weighted by Gasteiger charge is 2.19. The van der Waals surface area contributed by atoms with Crippen LogP contribution in [-0.4, -0.2) is 56.7 Å². The summed E-state index contributed by atoms with van der Waals surface area (Å²) in [6.07, 6.45) is 2.22. The van der Waals surface area contributed by atoms with Crippen molar-refractivity contribution in [2.24, 2.45) is 0 Å². The number of morpholine rings is 1. The molecule has 134 valence electrons. The van der Waals surface area contributed by atoms with E-state index < -0.39 is 0 Å². The maximum atomic E-state index is 12.7. The molecule has 5 nitrogen and oxygen atoms in total. The molecule has 0 bridgehead atoms. The van der Waals surface area contributed by atoms with E-state index >= 15 is 0 Å². The van der Waals surface area contributed by atoms with E-state index in [4.69, 9.17) is 14.2 Å². The van der Waals surface area contributed by atoms with Crippen molar-refractivity contribution in [3.8, 4) is 11.5 Å². The van der Waals surface area contributed by atoms with Crippen LogP contribution in [0.4, 0.5) is 0 Å². The van der Waals surface area contributed by atoms with Crippen LogP contribution in [0.1, 0.15) is 35.7 Å². The molecule has 1 aromatic rings. The number of benzene rings is 1. The summed E-state index contributed by atoms with van der Waals surface area (Å²) < 4.78 is 16.8. The highest BCUT2D eigenvalue weighted by Crippen LogP contribution is 2.33. The van der Waals surface area contributed by atoms with E-state index in [1.165, 1.54) is 0 Å². The molecule has 0 amide bonds. The lowest BCUT2D eigenvalue weighted by molar-refractivity contribution is -0.0000143. The standard InChI is InChI=1S/C18H25NO4.ClH/c1-2-14-12-17-18(23-9-3-8-22-17)13-15(14)16(20)4-5-19-6-10-21-11-7-19;/h12-13H,2-11H2,1H3;1H/p-1. The summed E-state index contributed by atoms with van der Waals surface area (Å²) in [6.45, 7) is 7.51. The van der Waals surface area contributed by atoms with Crippen molar-refractivity contribution in [2.45, 2.75) is 26.2 Å². The molecule has 2 aliphatic heterocycles. The fourth-order valence-corrected chi connectivity index (χ4v) is 3.02. The monoisotopic (exact) mass is 354 g/mol. The highest BCUT2D eigenvalue weighted by molar-refractivity contribution is 5.98. The van der Waals surface area contributed by atoms with Crippen LogP contribution in [0.5, 0.6) is 11.5 Å². The Morgan fingerprint density at radius 3 is 2.42 bits per heavy atom. The first-order chi connectivity index (χ1) is 11.3. The smallest absolute Gasteiger partial charge is 0.164 e.